The highest BCUT2D eigenvalue weighted by atomic mass is 19.4. The predicted molar refractivity (Wildman–Crippen MR) is 113 cm³/mol. The highest BCUT2D eigenvalue weighted by Gasteiger charge is 2.66. The van der Waals surface area contributed by atoms with Gasteiger partial charge in [0.15, 0.2) is 0 Å². The largest absolute Gasteiger partial charge is 0.401 e. The molecule has 2 amide bonds. The van der Waals surface area contributed by atoms with Crippen molar-refractivity contribution in [1.82, 2.24) is 34.9 Å². The number of likely N-dealkylation sites (tertiary alicyclic amines) is 2. The van der Waals surface area contributed by atoms with Crippen LogP contribution in [0.25, 0.3) is 0 Å². The van der Waals surface area contributed by atoms with Crippen molar-refractivity contribution >= 4 is 6.03 Å². The molecule has 11 heteroatoms. The van der Waals surface area contributed by atoms with Crippen LogP contribution in [-0.4, -0.2) is 73.3 Å². The monoisotopic (exact) mass is 473 g/mol. The molecule has 5 fully saturated rings. The van der Waals surface area contributed by atoms with Crippen LogP contribution in [0.3, 0.4) is 0 Å². The zero-order chi connectivity index (χ0) is 23.3. The minimum absolute atomic E-state index is 0.0487. The quantitative estimate of drug-likeness (QED) is 0.735. The Kier molecular flexibility index (Phi) is 4.06. The zero-order valence-corrected chi connectivity index (χ0v) is 18.7. The number of carbonyl (C=O) groups excluding carboxylic acids is 1. The van der Waals surface area contributed by atoms with Crippen LogP contribution in [0.15, 0.2) is 12.4 Å². The van der Waals surface area contributed by atoms with Crippen LogP contribution >= 0.6 is 0 Å². The molecular weight excluding hydrogens is 447 g/mol. The smallest absolute Gasteiger partial charge is 0.328 e. The molecule has 0 atom stereocenters. The Hall–Kier alpha value is -2.72. The molecule has 0 unspecified atom stereocenters. The van der Waals surface area contributed by atoms with Crippen molar-refractivity contribution in [2.45, 2.75) is 67.9 Å². The third-order valence-corrected chi connectivity index (χ3v) is 8.57. The van der Waals surface area contributed by atoms with Gasteiger partial charge in [0.25, 0.3) is 0 Å². The summed E-state index contributed by atoms with van der Waals surface area (Å²) < 4.78 is 39.8. The van der Waals surface area contributed by atoms with E-state index in [-0.39, 0.29) is 36.0 Å². The molecule has 0 aromatic carbocycles. The third kappa shape index (κ3) is 3.07. The Bertz CT molecular complexity index is 1120. The van der Waals surface area contributed by atoms with Crippen molar-refractivity contribution in [2.75, 3.05) is 26.2 Å². The molecule has 5 aliphatic rings. The Morgan fingerprint density at radius 3 is 2.12 bits per heavy atom. The Morgan fingerprint density at radius 2 is 1.56 bits per heavy atom. The van der Waals surface area contributed by atoms with Crippen LogP contribution in [0.1, 0.15) is 79.3 Å². The lowest BCUT2D eigenvalue weighted by molar-refractivity contribution is -0.162. The van der Waals surface area contributed by atoms with Crippen molar-refractivity contribution in [1.29, 1.82) is 0 Å². The van der Waals surface area contributed by atoms with Gasteiger partial charge in [0.2, 0.25) is 0 Å². The summed E-state index contributed by atoms with van der Waals surface area (Å²) in [7, 11) is 0. The van der Waals surface area contributed by atoms with Gasteiger partial charge in [-0.2, -0.15) is 13.2 Å². The van der Waals surface area contributed by atoms with Crippen LogP contribution in [0.5, 0.6) is 0 Å². The number of urea groups is 1. The molecule has 1 N–H and O–H groups in total. The van der Waals surface area contributed by atoms with Gasteiger partial charge in [0, 0.05) is 61.7 Å². The molecule has 4 heterocycles. The Morgan fingerprint density at radius 1 is 0.941 bits per heavy atom. The predicted octanol–water partition coefficient (Wildman–Crippen LogP) is 3.46. The van der Waals surface area contributed by atoms with Gasteiger partial charge in [-0.3, -0.25) is 0 Å². The molecule has 2 aromatic heterocycles. The first-order valence-electron chi connectivity index (χ1n) is 12.1. The number of halogens is 3. The van der Waals surface area contributed by atoms with Gasteiger partial charge in [-0.05, 0) is 44.1 Å². The fourth-order valence-corrected chi connectivity index (χ4v) is 5.95. The molecule has 2 saturated heterocycles. The highest BCUT2D eigenvalue weighted by Crippen LogP contribution is 2.58. The summed E-state index contributed by atoms with van der Waals surface area (Å²) in [6.07, 6.45) is 3.31. The number of nitrogens with zero attached hydrogens (tertiary/aromatic N) is 6. The number of hydrogen-bond acceptors (Lipinski definition) is 5. The van der Waals surface area contributed by atoms with Crippen molar-refractivity contribution in [2.24, 2.45) is 5.41 Å². The van der Waals surface area contributed by atoms with Crippen LogP contribution in [0, 0.1) is 5.41 Å². The lowest BCUT2D eigenvalue weighted by Gasteiger charge is -2.59. The molecule has 180 valence electrons. The first-order chi connectivity index (χ1) is 16.3. The van der Waals surface area contributed by atoms with E-state index in [1.807, 2.05) is 4.90 Å². The average molecular weight is 474 g/mol. The van der Waals surface area contributed by atoms with E-state index < -0.39 is 11.6 Å². The van der Waals surface area contributed by atoms with Gasteiger partial charge < -0.3 is 14.8 Å². The Labute approximate surface area is 194 Å². The Balaban J connectivity index is 0.893. The topological polar surface area (TPSA) is 90.9 Å². The van der Waals surface area contributed by atoms with Crippen molar-refractivity contribution in [3.05, 3.63) is 35.4 Å². The third-order valence-electron chi connectivity index (χ3n) is 8.57. The fraction of sp³-hybridized carbons (Fsp3) is 0.696. The van der Waals surface area contributed by atoms with Gasteiger partial charge in [-0.1, -0.05) is 0 Å². The standard InChI is InChI=1S/C23H26F3N7O/c24-23(25,26)22(3-4-22)19-27-7-15(8-28-19)16-9-32(10-16)20(34)33-11-21(12-33)5-14(6-21)18-29-17(30-31-18)13-1-2-13/h7-8,13-14,16H,1-6,9-12H2,(H,29,30,31). The molecule has 0 bridgehead atoms. The number of aromatic nitrogens is 5. The number of carbonyl (C=O) groups is 1. The summed E-state index contributed by atoms with van der Waals surface area (Å²) in [5.41, 5.74) is -0.836. The second kappa shape index (κ2) is 6.69. The number of amides is 2. The van der Waals surface area contributed by atoms with Crippen LogP contribution in [0.4, 0.5) is 18.0 Å². The first-order valence-corrected chi connectivity index (χ1v) is 12.1. The van der Waals surface area contributed by atoms with Gasteiger partial charge >= 0.3 is 12.2 Å². The van der Waals surface area contributed by atoms with E-state index in [1.165, 1.54) is 25.2 Å². The molecule has 3 aliphatic carbocycles. The zero-order valence-electron chi connectivity index (χ0n) is 18.7. The molecule has 3 saturated carbocycles. The molecule has 2 aromatic rings. The summed E-state index contributed by atoms with van der Waals surface area (Å²) in [5.74, 6) is 2.97. The number of aromatic amines is 1. The van der Waals surface area contributed by atoms with Gasteiger partial charge in [-0.25, -0.2) is 14.8 Å². The number of H-pyrrole nitrogens is 1. The maximum absolute atomic E-state index is 13.3. The first kappa shape index (κ1) is 20.6. The van der Waals surface area contributed by atoms with E-state index >= 15 is 0 Å². The van der Waals surface area contributed by atoms with Crippen LogP contribution < -0.4 is 0 Å². The van der Waals surface area contributed by atoms with Gasteiger partial charge in [0.05, 0.1) is 0 Å². The van der Waals surface area contributed by atoms with E-state index in [2.05, 4.69) is 25.1 Å². The number of rotatable bonds is 4. The van der Waals surface area contributed by atoms with Crippen molar-refractivity contribution < 1.29 is 18.0 Å². The second-order valence-electron chi connectivity index (χ2n) is 11.1. The van der Waals surface area contributed by atoms with Crippen molar-refractivity contribution in [3.8, 4) is 0 Å². The fourth-order valence-electron chi connectivity index (χ4n) is 5.95. The summed E-state index contributed by atoms with van der Waals surface area (Å²) in [4.78, 5) is 28.0. The van der Waals surface area contributed by atoms with E-state index in [9.17, 15) is 18.0 Å². The lowest BCUT2D eigenvalue weighted by Crippen LogP contribution is -2.67. The summed E-state index contributed by atoms with van der Waals surface area (Å²) in [5, 5.41) is 8.62. The van der Waals surface area contributed by atoms with Crippen LogP contribution in [0.2, 0.25) is 0 Å². The lowest BCUT2D eigenvalue weighted by atomic mass is 9.57. The number of nitrogens with one attached hydrogen (secondary N) is 1. The minimum atomic E-state index is -4.31. The molecular formula is C23H26F3N7O. The average Bonchev–Trinajstić information content (AvgIpc) is 3.63. The number of hydrogen-bond donors (Lipinski definition) is 1. The summed E-state index contributed by atoms with van der Waals surface area (Å²) in [6, 6.07) is 0.0487. The molecule has 34 heavy (non-hydrogen) atoms. The summed E-state index contributed by atoms with van der Waals surface area (Å²) >= 11 is 0. The minimum Gasteiger partial charge on any atom is -0.328 e. The highest BCUT2D eigenvalue weighted by molar-refractivity contribution is 5.77. The molecule has 2 aliphatic heterocycles. The van der Waals surface area contributed by atoms with E-state index in [0.717, 1.165) is 43.1 Å². The maximum atomic E-state index is 13.3. The van der Waals surface area contributed by atoms with Gasteiger partial charge in [0.1, 0.15) is 22.9 Å². The van der Waals surface area contributed by atoms with Crippen LogP contribution in [-0.2, 0) is 5.41 Å². The number of alkyl halides is 3. The van der Waals surface area contributed by atoms with E-state index in [0.29, 0.717) is 24.9 Å². The SMILES string of the molecule is O=C(N1CC(c2cnc(C3(C(F)(F)F)CC3)nc2)C1)N1CC2(CC(c3nnc(C4CC4)[nH]3)C2)C1. The molecule has 0 radical (unpaired) electrons. The normalized spacial score (nSPS) is 25.6. The van der Waals surface area contributed by atoms with Gasteiger partial charge in [-0.15, -0.1) is 10.2 Å². The molecule has 1 spiro atoms. The second-order valence-corrected chi connectivity index (χ2v) is 11.1. The van der Waals surface area contributed by atoms with Crippen molar-refractivity contribution in [3.63, 3.8) is 0 Å². The van der Waals surface area contributed by atoms with E-state index in [4.69, 9.17) is 0 Å². The molecule has 7 rings (SSSR count). The summed E-state index contributed by atoms with van der Waals surface area (Å²) in [6.45, 7) is 2.68. The van der Waals surface area contributed by atoms with E-state index in [1.54, 1.807) is 4.90 Å². The maximum Gasteiger partial charge on any atom is 0.401 e. The molecule has 8 nitrogen and oxygen atoms in total.